The SMILES string of the molecule is CCOC(C(=O)N1CCCC(NC)C1)c1ccccc1.Cl. The first-order valence-corrected chi connectivity index (χ1v) is 7.38. The minimum absolute atomic E-state index is 0. The van der Waals surface area contributed by atoms with E-state index >= 15 is 0 Å². The second-order valence-electron chi connectivity index (χ2n) is 5.16. The first-order valence-electron chi connectivity index (χ1n) is 7.38. The van der Waals surface area contributed by atoms with Gasteiger partial charge in [-0.05, 0) is 32.4 Å². The highest BCUT2D eigenvalue weighted by molar-refractivity contribution is 5.85. The van der Waals surface area contributed by atoms with Crippen LogP contribution >= 0.6 is 12.4 Å². The number of hydrogen-bond acceptors (Lipinski definition) is 3. The summed E-state index contributed by atoms with van der Waals surface area (Å²) in [6.07, 6.45) is 1.70. The maximum Gasteiger partial charge on any atom is 0.256 e. The Hall–Kier alpha value is -1.10. The molecule has 0 radical (unpaired) electrons. The van der Waals surface area contributed by atoms with Gasteiger partial charge in [-0.1, -0.05) is 30.3 Å². The van der Waals surface area contributed by atoms with E-state index in [1.165, 1.54) is 0 Å². The van der Waals surface area contributed by atoms with Gasteiger partial charge in [0.25, 0.3) is 5.91 Å². The smallest absolute Gasteiger partial charge is 0.256 e. The van der Waals surface area contributed by atoms with Gasteiger partial charge in [-0.15, -0.1) is 12.4 Å². The van der Waals surface area contributed by atoms with Gasteiger partial charge >= 0.3 is 0 Å². The monoisotopic (exact) mass is 312 g/mol. The summed E-state index contributed by atoms with van der Waals surface area (Å²) in [6, 6.07) is 10.2. The van der Waals surface area contributed by atoms with Gasteiger partial charge in [-0.2, -0.15) is 0 Å². The lowest BCUT2D eigenvalue weighted by Gasteiger charge is -2.34. The third-order valence-corrected chi connectivity index (χ3v) is 3.80. The number of piperidine rings is 1. The minimum atomic E-state index is -0.475. The Morgan fingerprint density at radius 3 is 2.76 bits per heavy atom. The molecule has 21 heavy (non-hydrogen) atoms. The Balaban J connectivity index is 0.00000220. The summed E-state index contributed by atoms with van der Waals surface area (Å²) in [6.45, 7) is 4.06. The van der Waals surface area contributed by atoms with Crippen molar-refractivity contribution in [3.63, 3.8) is 0 Å². The quantitative estimate of drug-likeness (QED) is 0.908. The van der Waals surface area contributed by atoms with Gasteiger partial charge in [0, 0.05) is 25.7 Å². The van der Waals surface area contributed by atoms with Crippen molar-refractivity contribution >= 4 is 18.3 Å². The van der Waals surface area contributed by atoms with Crippen LogP contribution in [-0.2, 0) is 9.53 Å². The normalized spacial score (nSPS) is 19.7. The van der Waals surface area contributed by atoms with Crippen LogP contribution in [0.3, 0.4) is 0 Å². The van der Waals surface area contributed by atoms with Crippen molar-refractivity contribution in [3.05, 3.63) is 35.9 Å². The summed E-state index contributed by atoms with van der Waals surface area (Å²) in [5, 5.41) is 3.26. The van der Waals surface area contributed by atoms with Gasteiger partial charge in [0.2, 0.25) is 0 Å². The number of benzene rings is 1. The van der Waals surface area contributed by atoms with Crippen molar-refractivity contribution in [2.45, 2.75) is 31.9 Å². The highest BCUT2D eigenvalue weighted by atomic mass is 35.5. The average Bonchev–Trinajstić information content (AvgIpc) is 2.53. The second-order valence-corrected chi connectivity index (χ2v) is 5.16. The van der Waals surface area contributed by atoms with E-state index in [0.29, 0.717) is 12.6 Å². The van der Waals surface area contributed by atoms with Crippen LogP contribution in [0.25, 0.3) is 0 Å². The fourth-order valence-corrected chi connectivity index (χ4v) is 2.68. The average molecular weight is 313 g/mol. The standard InChI is InChI=1S/C16H24N2O2.ClH/c1-3-20-15(13-8-5-4-6-9-13)16(19)18-11-7-10-14(12-18)17-2;/h4-6,8-9,14-15,17H,3,7,10-12H2,1-2H3;1H. The molecule has 0 bridgehead atoms. The van der Waals surface area contributed by atoms with Crippen molar-refractivity contribution in [2.24, 2.45) is 0 Å². The molecular formula is C16H25ClN2O2. The van der Waals surface area contributed by atoms with Crippen LogP contribution in [0.4, 0.5) is 0 Å². The van der Waals surface area contributed by atoms with Crippen molar-refractivity contribution in [1.29, 1.82) is 0 Å². The van der Waals surface area contributed by atoms with Gasteiger partial charge in [0.15, 0.2) is 6.10 Å². The summed E-state index contributed by atoms with van der Waals surface area (Å²) in [7, 11) is 1.95. The number of nitrogens with one attached hydrogen (secondary N) is 1. The largest absolute Gasteiger partial charge is 0.364 e. The molecule has 0 aliphatic carbocycles. The summed E-state index contributed by atoms with van der Waals surface area (Å²) in [5.41, 5.74) is 0.936. The fraction of sp³-hybridized carbons (Fsp3) is 0.562. The molecule has 118 valence electrons. The summed E-state index contributed by atoms with van der Waals surface area (Å²) in [5.74, 6) is 0.0815. The maximum atomic E-state index is 12.7. The number of amides is 1. The van der Waals surface area contributed by atoms with Crippen LogP contribution in [0.1, 0.15) is 31.4 Å². The number of likely N-dealkylation sites (N-methyl/N-ethyl adjacent to an activating group) is 1. The van der Waals surface area contributed by atoms with Crippen LogP contribution in [0.5, 0.6) is 0 Å². The number of nitrogens with zero attached hydrogens (tertiary/aromatic N) is 1. The fourth-order valence-electron chi connectivity index (χ4n) is 2.68. The Labute approximate surface area is 133 Å². The Bertz CT molecular complexity index is 428. The zero-order valence-electron chi connectivity index (χ0n) is 12.7. The molecule has 2 unspecified atom stereocenters. The number of hydrogen-bond donors (Lipinski definition) is 1. The van der Waals surface area contributed by atoms with E-state index in [4.69, 9.17) is 4.74 Å². The van der Waals surface area contributed by atoms with Crippen LogP contribution < -0.4 is 5.32 Å². The molecule has 0 spiro atoms. The molecule has 1 amide bonds. The van der Waals surface area contributed by atoms with Crippen molar-refractivity contribution in [2.75, 3.05) is 26.7 Å². The molecule has 1 heterocycles. The van der Waals surface area contributed by atoms with Gasteiger partial charge in [-0.25, -0.2) is 0 Å². The molecule has 1 aliphatic heterocycles. The number of halogens is 1. The molecule has 1 fully saturated rings. The van der Waals surface area contributed by atoms with E-state index in [-0.39, 0.29) is 18.3 Å². The molecular weight excluding hydrogens is 288 g/mol. The molecule has 1 aromatic rings. The van der Waals surface area contributed by atoms with E-state index in [2.05, 4.69) is 5.32 Å². The predicted molar refractivity (Wildman–Crippen MR) is 86.7 cm³/mol. The third kappa shape index (κ3) is 4.70. The first kappa shape index (κ1) is 18.0. The molecule has 0 saturated carbocycles. The van der Waals surface area contributed by atoms with Gasteiger partial charge in [0.1, 0.15) is 0 Å². The Morgan fingerprint density at radius 1 is 1.43 bits per heavy atom. The maximum absolute atomic E-state index is 12.7. The highest BCUT2D eigenvalue weighted by Gasteiger charge is 2.29. The number of carbonyl (C=O) groups excluding carboxylic acids is 1. The van der Waals surface area contributed by atoms with Crippen molar-refractivity contribution < 1.29 is 9.53 Å². The Morgan fingerprint density at radius 2 is 2.14 bits per heavy atom. The molecule has 5 heteroatoms. The van der Waals surface area contributed by atoms with Crippen LogP contribution in [-0.4, -0.2) is 43.6 Å². The molecule has 1 aromatic carbocycles. The van der Waals surface area contributed by atoms with Crippen molar-refractivity contribution in [1.82, 2.24) is 10.2 Å². The minimum Gasteiger partial charge on any atom is -0.364 e. The molecule has 1 N–H and O–H groups in total. The van der Waals surface area contributed by atoms with Crippen LogP contribution in [0.15, 0.2) is 30.3 Å². The summed E-state index contributed by atoms with van der Waals surface area (Å²) < 4.78 is 5.70. The van der Waals surface area contributed by atoms with Gasteiger partial charge in [0.05, 0.1) is 0 Å². The van der Waals surface area contributed by atoms with Crippen LogP contribution in [0, 0.1) is 0 Å². The number of rotatable bonds is 5. The van der Waals surface area contributed by atoms with E-state index in [1.54, 1.807) is 0 Å². The molecule has 0 aromatic heterocycles. The lowest BCUT2D eigenvalue weighted by molar-refractivity contribution is -0.145. The summed E-state index contributed by atoms with van der Waals surface area (Å²) >= 11 is 0. The first-order chi connectivity index (χ1) is 9.76. The summed E-state index contributed by atoms with van der Waals surface area (Å²) in [4.78, 5) is 14.7. The molecule has 2 atom stereocenters. The van der Waals surface area contributed by atoms with E-state index in [0.717, 1.165) is 31.5 Å². The number of likely N-dealkylation sites (tertiary alicyclic amines) is 1. The molecule has 1 aliphatic rings. The van der Waals surface area contributed by atoms with Gasteiger partial charge in [-0.3, -0.25) is 4.79 Å². The topological polar surface area (TPSA) is 41.6 Å². The highest BCUT2D eigenvalue weighted by Crippen LogP contribution is 2.22. The lowest BCUT2D eigenvalue weighted by atomic mass is 10.0. The third-order valence-electron chi connectivity index (χ3n) is 3.80. The Kier molecular flexibility index (Phi) is 7.72. The predicted octanol–water partition coefficient (Wildman–Crippen LogP) is 2.40. The van der Waals surface area contributed by atoms with E-state index in [1.807, 2.05) is 49.2 Å². The van der Waals surface area contributed by atoms with E-state index < -0.39 is 6.10 Å². The molecule has 4 nitrogen and oxygen atoms in total. The number of ether oxygens (including phenoxy) is 1. The van der Waals surface area contributed by atoms with Crippen molar-refractivity contribution in [3.8, 4) is 0 Å². The second kappa shape index (κ2) is 9.03. The van der Waals surface area contributed by atoms with E-state index in [9.17, 15) is 4.79 Å². The van der Waals surface area contributed by atoms with Gasteiger partial charge < -0.3 is 15.0 Å². The lowest BCUT2D eigenvalue weighted by Crippen LogP contribution is -2.48. The zero-order chi connectivity index (χ0) is 14.4. The number of carbonyl (C=O) groups is 1. The zero-order valence-corrected chi connectivity index (χ0v) is 13.6. The molecule has 2 rings (SSSR count). The van der Waals surface area contributed by atoms with Crippen LogP contribution in [0.2, 0.25) is 0 Å². The molecule has 1 saturated heterocycles.